The monoisotopic (exact) mass is 211 g/mol. The van der Waals surface area contributed by atoms with Crippen molar-refractivity contribution >= 4 is 24.0 Å². The first kappa shape index (κ1) is 10.5. The van der Waals surface area contributed by atoms with Gasteiger partial charge in [-0.3, -0.25) is 4.79 Å². The van der Waals surface area contributed by atoms with Crippen molar-refractivity contribution < 1.29 is 4.79 Å². The molecule has 0 atom stereocenters. The highest BCUT2D eigenvalue weighted by molar-refractivity contribution is 5.85. The number of primary amides is 1. The third-order valence-corrected chi connectivity index (χ3v) is 1.85. The van der Waals surface area contributed by atoms with Gasteiger partial charge in [0.15, 0.2) is 0 Å². The lowest BCUT2D eigenvalue weighted by Crippen LogP contribution is -2.14. The van der Waals surface area contributed by atoms with Crippen LogP contribution in [0.3, 0.4) is 0 Å². The molecule has 74 valence electrons. The molecule has 14 heavy (non-hydrogen) atoms. The van der Waals surface area contributed by atoms with E-state index in [0.29, 0.717) is 0 Å². The van der Waals surface area contributed by atoms with Gasteiger partial charge >= 0.3 is 0 Å². The summed E-state index contributed by atoms with van der Waals surface area (Å²) in [6.45, 7) is 0. The van der Waals surface area contributed by atoms with Gasteiger partial charge in [0, 0.05) is 12.4 Å². The van der Waals surface area contributed by atoms with Gasteiger partial charge in [0.1, 0.15) is 5.65 Å². The molecule has 0 radical (unpaired) electrons. The molecular formula is C9H10ClN3O. The highest BCUT2D eigenvalue weighted by Crippen LogP contribution is 2.05. The summed E-state index contributed by atoms with van der Waals surface area (Å²) in [5, 5.41) is 0. The molecule has 4 nitrogen and oxygen atoms in total. The molecular weight excluding hydrogens is 202 g/mol. The van der Waals surface area contributed by atoms with Crippen LogP contribution in [0.25, 0.3) is 5.65 Å². The van der Waals surface area contributed by atoms with Gasteiger partial charge in [-0.05, 0) is 12.1 Å². The average molecular weight is 212 g/mol. The number of carbonyl (C=O) groups is 1. The molecule has 0 aliphatic heterocycles. The molecule has 0 aromatic carbocycles. The number of hydrogen-bond acceptors (Lipinski definition) is 2. The van der Waals surface area contributed by atoms with Crippen LogP contribution in [0.15, 0.2) is 30.6 Å². The number of pyridine rings is 1. The molecule has 2 rings (SSSR count). The number of hydrogen-bond donors (Lipinski definition) is 1. The highest BCUT2D eigenvalue weighted by atomic mass is 35.5. The third-order valence-electron chi connectivity index (χ3n) is 1.85. The van der Waals surface area contributed by atoms with Crippen molar-refractivity contribution in [1.29, 1.82) is 0 Å². The maximum absolute atomic E-state index is 10.7. The Morgan fingerprint density at radius 3 is 3.00 bits per heavy atom. The van der Waals surface area contributed by atoms with Gasteiger partial charge in [-0.25, -0.2) is 4.98 Å². The minimum Gasteiger partial charge on any atom is -0.369 e. The molecule has 5 heteroatoms. The molecule has 2 aromatic heterocycles. The van der Waals surface area contributed by atoms with Crippen LogP contribution in [0.2, 0.25) is 0 Å². The zero-order valence-corrected chi connectivity index (χ0v) is 8.20. The van der Waals surface area contributed by atoms with Crippen molar-refractivity contribution in [2.75, 3.05) is 0 Å². The summed E-state index contributed by atoms with van der Waals surface area (Å²) in [5.41, 5.74) is 6.75. The lowest BCUT2D eigenvalue weighted by molar-refractivity contribution is -0.117. The van der Waals surface area contributed by atoms with Gasteiger partial charge < -0.3 is 10.1 Å². The number of carbonyl (C=O) groups excluding carboxylic acids is 1. The number of rotatable bonds is 2. The van der Waals surface area contributed by atoms with E-state index in [1.165, 1.54) is 0 Å². The van der Waals surface area contributed by atoms with E-state index in [0.717, 1.165) is 11.3 Å². The largest absolute Gasteiger partial charge is 0.369 e. The van der Waals surface area contributed by atoms with E-state index in [1.54, 1.807) is 6.20 Å². The Kier molecular flexibility index (Phi) is 3.09. The van der Waals surface area contributed by atoms with Crippen LogP contribution < -0.4 is 5.73 Å². The summed E-state index contributed by atoms with van der Waals surface area (Å²) in [7, 11) is 0. The predicted octanol–water partition coefficient (Wildman–Crippen LogP) is 0.784. The van der Waals surface area contributed by atoms with Gasteiger partial charge in [-0.2, -0.15) is 0 Å². The maximum atomic E-state index is 10.7. The Hall–Kier alpha value is -1.55. The zero-order chi connectivity index (χ0) is 9.26. The Labute approximate surface area is 87.2 Å². The highest BCUT2D eigenvalue weighted by Gasteiger charge is 2.04. The minimum atomic E-state index is -0.342. The van der Waals surface area contributed by atoms with Crippen LogP contribution in [0.4, 0.5) is 0 Å². The van der Waals surface area contributed by atoms with E-state index in [1.807, 2.05) is 28.8 Å². The van der Waals surface area contributed by atoms with Gasteiger partial charge in [0.2, 0.25) is 5.91 Å². The second-order valence-electron chi connectivity index (χ2n) is 2.82. The van der Waals surface area contributed by atoms with Crippen LogP contribution >= 0.6 is 12.4 Å². The molecule has 0 aliphatic rings. The van der Waals surface area contributed by atoms with Gasteiger partial charge in [-0.15, -0.1) is 12.4 Å². The Morgan fingerprint density at radius 2 is 2.29 bits per heavy atom. The molecule has 0 bridgehead atoms. The fourth-order valence-electron chi connectivity index (χ4n) is 1.29. The summed E-state index contributed by atoms with van der Waals surface area (Å²) in [6, 6.07) is 5.67. The van der Waals surface area contributed by atoms with Crippen molar-refractivity contribution in [3.05, 3.63) is 36.3 Å². The first-order valence-electron chi connectivity index (χ1n) is 3.96. The third kappa shape index (κ3) is 1.85. The molecule has 0 saturated heterocycles. The van der Waals surface area contributed by atoms with Gasteiger partial charge in [-0.1, -0.05) is 6.07 Å². The first-order chi connectivity index (χ1) is 6.27. The smallest absolute Gasteiger partial charge is 0.223 e. The molecule has 0 fully saturated rings. The number of halogens is 1. The fourth-order valence-corrected chi connectivity index (χ4v) is 1.29. The van der Waals surface area contributed by atoms with Crippen LogP contribution in [0.1, 0.15) is 5.69 Å². The van der Waals surface area contributed by atoms with Crippen LogP contribution in [-0.2, 0) is 11.2 Å². The standard InChI is InChI=1S/C9H9N3O.ClH/c10-8(13)5-7-6-11-9-3-1-2-4-12(7)9;/h1-4,6H,5H2,(H2,10,13);1H. The van der Waals surface area contributed by atoms with E-state index in [2.05, 4.69) is 4.98 Å². The summed E-state index contributed by atoms with van der Waals surface area (Å²) in [5.74, 6) is -0.342. The average Bonchev–Trinajstić information content (AvgIpc) is 2.48. The van der Waals surface area contributed by atoms with E-state index in [4.69, 9.17) is 5.73 Å². The van der Waals surface area contributed by atoms with E-state index < -0.39 is 0 Å². The van der Waals surface area contributed by atoms with Gasteiger partial charge in [0.05, 0.1) is 12.1 Å². The SMILES string of the molecule is Cl.NC(=O)Cc1cnc2ccccn12. The summed E-state index contributed by atoms with van der Waals surface area (Å²) in [4.78, 5) is 14.8. The lowest BCUT2D eigenvalue weighted by Gasteiger charge is -1.96. The van der Waals surface area contributed by atoms with E-state index in [-0.39, 0.29) is 24.7 Å². The maximum Gasteiger partial charge on any atom is 0.223 e. The van der Waals surface area contributed by atoms with Crippen LogP contribution in [-0.4, -0.2) is 15.3 Å². The topological polar surface area (TPSA) is 60.4 Å². The lowest BCUT2D eigenvalue weighted by atomic mass is 10.3. The van der Waals surface area contributed by atoms with E-state index in [9.17, 15) is 4.79 Å². The molecule has 2 N–H and O–H groups in total. The Balaban J connectivity index is 0.000000980. The van der Waals surface area contributed by atoms with Crippen molar-refractivity contribution in [2.45, 2.75) is 6.42 Å². The summed E-state index contributed by atoms with van der Waals surface area (Å²) < 4.78 is 1.85. The fraction of sp³-hybridized carbons (Fsp3) is 0.111. The van der Waals surface area contributed by atoms with Crippen LogP contribution in [0, 0.1) is 0 Å². The second-order valence-corrected chi connectivity index (χ2v) is 2.82. The minimum absolute atomic E-state index is 0. The zero-order valence-electron chi connectivity index (χ0n) is 7.38. The normalized spacial score (nSPS) is 9.71. The number of imidazole rings is 1. The quantitative estimate of drug-likeness (QED) is 0.798. The number of nitrogens with zero attached hydrogens (tertiary/aromatic N) is 2. The molecule has 0 saturated carbocycles. The molecule has 2 aromatic rings. The summed E-state index contributed by atoms with van der Waals surface area (Å²) in [6.07, 6.45) is 3.76. The van der Waals surface area contributed by atoms with Crippen molar-refractivity contribution in [3.63, 3.8) is 0 Å². The number of aromatic nitrogens is 2. The first-order valence-corrected chi connectivity index (χ1v) is 3.96. The number of fused-ring (bicyclic) bond motifs is 1. The Morgan fingerprint density at radius 1 is 1.50 bits per heavy atom. The van der Waals surface area contributed by atoms with Crippen LogP contribution in [0.5, 0.6) is 0 Å². The van der Waals surface area contributed by atoms with Crippen molar-refractivity contribution in [1.82, 2.24) is 9.38 Å². The molecule has 2 heterocycles. The molecule has 0 unspecified atom stereocenters. The van der Waals surface area contributed by atoms with E-state index >= 15 is 0 Å². The van der Waals surface area contributed by atoms with Gasteiger partial charge in [0.25, 0.3) is 0 Å². The molecule has 0 aliphatic carbocycles. The summed E-state index contributed by atoms with van der Waals surface area (Å²) >= 11 is 0. The second kappa shape index (κ2) is 4.11. The van der Waals surface area contributed by atoms with Crippen molar-refractivity contribution in [3.8, 4) is 0 Å². The molecule has 1 amide bonds. The number of nitrogens with two attached hydrogens (primary N) is 1. The number of amides is 1. The Bertz CT molecular complexity index is 452. The predicted molar refractivity (Wildman–Crippen MR) is 55.3 cm³/mol. The van der Waals surface area contributed by atoms with Crippen molar-refractivity contribution in [2.24, 2.45) is 5.73 Å². The molecule has 0 spiro atoms.